The van der Waals surface area contributed by atoms with Crippen LogP contribution in [-0.4, -0.2) is 29.4 Å². The van der Waals surface area contributed by atoms with Crippen molar-refractivity contribution >= 4 is 17.2 Å². The average molecular weight is 252 g/mol. The zero-order chi connectivity index (χ0) is 12.4. The average Bonchev–Trinajstić information content (AvgIpc) is 2.79. The summed E-state index contributed by atoms with van der Waals surface area (Å²) in [7, 11) is 0. The molecular formula is C13H20N2OS. The third-order valence-corrected chi connectivity index (χ3v) is 3.96. The fourth-order valence-electron chi connectivity index (χ4n) is 2.21. The van der Waals surface area contributed by atoms with Gasteiger partial charge in [0.15, 0.2) is 0 Å². The predicted molar refractivity (Wildman–Crippen MR) is 71.1 cm³/mol. The summed E-state index contributed by atoms with van der Waals surface area (Å²) in [4.78, 5) is 16.7. The van der Waals surface area contributed by atoms with Gasteiger partial charge in [0.2, 0.25) is 5.91 Å². The summed E-state index contributed by atoms with van der Waals surface area (Å²) in [6.45, 7) is 7.91. The van der Waals surface area contributed by atoms with Crippen LogP contribution in [0.5, 0.6) is 0 Å². The van der Waals surface area contributed by atoms with E-state index >= 15 is 0 Å². The Morgan fingerprint density at radius 1 is 1.53 bits per heavy atom. The first-order chi connectivity index (χ1) is 8.06. The van der Waals surface area contributed by atoms with E-state index in [-0.39, 0.29) is 11.9 Å². The smallest absolute Gasteiger partial charge is 0.240 e. The van der Waals surface area contributed by atoms with E-state index in [1.165, 1.54) is 9.75 Å². The van der Waals surface area contributed by atoms with E-state index in [0.717, 1.165) is 19.5 Å². The highest BCUT2D eigenvalue weighted by molar-refractivity contribution is 7.11. The number of nitrogens with one attached hydrogen (secondary N) is 1. The topological polar surface area (TPSA) is 32.3 Å². The highest BCUT2D eigenvalue weighted by Gasteiger charge is 2.31. The van der Waals surface area contributed by atoms with Crippen LogP contribution in [0.25, 0.3) is 0 Å². The zero-order valence-corrected chi connectivity index (χ0v) is 11.5. The van der Waals surface area contributed by atoms with Crippen LogP contribution < -0.4 is 5.32 Å². The molecule has 0 aliphatic carbocycles. The Morgan fingerprint density at radius 2 is 2.29 bits per heavy atom. The first-order valence-electron chi connectivity index (χ1n) is 6.16. The van der Waals surface area contributed by atoms with Crippen LogP contribution in [0.2, 0.25) is 0 Å². The second kappa shape index (κ2) is 5.19. The highest BCUT2D eigenvalue weighted by atomic mass is 32.1. The molecule has 1 saturated heterocycles. The molecule has 0 saturated carbocycles. The molecule has 3 nitrogen and oxygen atoms in total. The molecule has 1 N–H and O–H groups in total. The van der Waals surface area contributed by atoms with Crippen molar-refractivity contribution in [3.05, 3.63) is 21.9 Å². The molecule has 1 atom stereocenters. The standard InChI is InChI=1S/C13H20N2OS/c1-9(2)14-12-6-7-15(13(12)16)8-11-5-4-10(3)17-11/h4-5,9,12,14H,6-8H2,1-3H3. The number of amides is 1. The third-order valence-electron chi connectivity index (χ3n) is 2.97. The van der Waals surface area contributed by atoms with Gasteiger partial charge in [-0.2, -0.15) is 0 Å². The maximum absolute atomic E-state index is 12.1. The Kier molecular flexibility index (Phi) is 3.84. The minimum atomic E-state index is 0.0241. The van der Waals surface area contributed by atoms with Gasteiger partial charge < -0.3 is 10.2 Å². The van der Waals surface area contributed by atoms with E-state index in [0.29, 0.717) is 6.04 Å². The summed E-state index contributed by atoms with van der Waals surface area (Å²) in [5.41, 5.74) is 0. The lowest BCUT2D eigenvalue weighted by atomic mass is 10.2. The van der Waals surface area contributed by atoms with E-state index in [4.69, 9.17) is 0 Å². The SMILES string of the molecule is Cc1ccc(CN2CCC(NC(C)C)C2=O)s1. The van der Waals surface area contributed by atoms with E-state index in [2.05, 4.69) is 38.2 Å². The number of rotatable bonds is 4. The van der Waals surface area contributed by atoms with E-state index < -0.39 is 0 Å². The monoisotopic (exact) mass is 252 g/mol. The fourth-order valence-corrected chi connectivity index (χ4v) is 3.12. The van der Waals surface area contributed by atoms with Gasteiger partial charge in [-0.25, -0.2) is 0 Å². The van der Waals surface area contributed by atoms with Crippen LogP contribution in [0.1, 0.15) is 30.0 Å². The van der Waals surface area contributed by atoms with Crippen LogP contribution in [0, 0.1) is 6.92 Å². The first kappa shape index (κ1) is 12.6. The number of hydrogen-bond donors (Lipinski definition) is 1. The van der Waals surface area contributed by atoms with Crippen LogP contribution >= 0.6 is 11.3 Å². The summed E-state index contributed by atoms with van der Waals surface area (Å²) < 4.78 is 0. The molecule has 2 heterocycles. The molecule has 94 valence electrons. The molecule has 1 aliphatic rings. The Hall–Kier alpha value is -0.870. The van der Waals surface area contributed by atoms with Crippen LogP contribution in [0.15, 0.2) is 12.1 Å². The highest BCUT2D eigenvalue weighted by Crippen LogP contribution is 2.20. The maximum Gasteiger partial charge on any atom is 0.240 e. The quantitative estimate of drug-likeness (QED) is 0.890. The van der Waals surface area contributed by atoms with E-state index in [1.54, 1.807) is 11.3 Å². The summed E-state index contributed by atoms with van der Waals surface area (Å²) in [6, 6.07) is 4.63. The molecule has 0 radical (unpaired) electrons. The second-order valence-electron chi connectivity index (χ2n) is 4.93. The number of aryl methyl sites for hydroxylation is 1. The Bertz CT molecular complexity index is 400. The summed E-state index contributed by atoms with van der Waals surface area (Å²) in [6.07, 6.45) is 0.932. The number of likely N-dealkylation sites (tertiary alicyclic amines) is 1. The number of carbonyl (C=O) groups excluding carboxylic acids is 1. The summed E-state index contributed by atoms with van der Waals surface area (Å²) in [5, 5.41) is 3.32. The van der Waals surface area contributed by atoms with E-state index in [1.807, 2.05) is 4.90 Å². The molecule has 4 heteroatoms. The molecule has 1 fully saturated rings. The third kappa shape index (κ3) is 3.07. The molecule has 1 unspecified atom stereocenters. The lowest BCUT2D eigenvalue weighted by Gasteiger charge is -2.17. The van der Waals surface area contributed by atoms with Gasteiger partial charge in [0.1, 0.15) is 0 Å². The van der Waals surface area contributed by atoms with Crippen LogP contribution in [-0.2, 0) is 11.3 Å². The Labute approximate surface area is 107 Å². The van der Waals surface area contributed by atoms with Crippen molar-refractivity contribution in [3.63, 3.8) is 0 Å². The molecular weight excluding hydrogens is 232 g/mol. The van der Waals surface area contributed by atoms with Crippen molar-refractivity contribution < 1.29 is 4.79 Å². The van der Waals surface area contributed by atoms with Crippen LogP contribution in [0.4, 0.5) is 0 Å². The van der Waals surface area contributed by atoms with Gasteiger partial charge in [0.05, 0.1) is 12.6 Å². The van der Waals surface area contributed by atoms with Crippen molar-refractivity contribution in [1.82, 2.24) is 10.2 Å². The molecule has 0 aromatic carbocycles. The minimum absolute atomic E-state index is 0.0241. The van der Waals surface area contributed by atoms with Gasteiger partial charge in [-0.3, -0.25) is 4.79 Å². The van der Waals surface area contributed by atoms with Gasteiger partial charge >= 0.3 is 0 Å². The lowest BCUT2D eigenvalue weighted by molar-refractivity contribution is -0.130. The lowest BCUT2D eigenvalue weighted by Crippen LogP contribution is -2.41. The Morgan fingerprint density at radius 3 is 2.88 bits per heavy atom. The molecule has 1 amide bonds. The maximum atomic E-state index is 12.1. The number of hydrogen-bond acceptors (Lipinski definition) is 3. The largest absolute Gasteiger partial charge is 0.336 e. The molecule has 1 aromatic rings. The summed E-state index contributed by atoms with van der Waals surface area (Å²) >= 11 is 1.78. The molecule has 1 aromatic heterocycles. The summed E-state index contributed by atoms with van der Waals surface area (Å²) in [5.74, 6) is 0.254. The number of thiophene rings is 1. The molecule has 17 heavy (non-hydrogen) atoms. The fraction of sp³-hybridized carbons (Fsp3) is 0.615. The zero-order valence-electron chi connectivity index (χ0n) is 10.7. The van der Waals surface area contributed by atoms with E-state index in [9.17, 15) is 4.79 Å². The van der Waals surface area contributed by atoms with Crippen molar-refractivity contribution in [2.75, 3.05) is 6.54 Å². The second-order valence-corrected chi connectivity index (χ2v) is 6.31. The first-order valence-corrected chi connectivity index (χ1v) is 6.98. The molecule has 0 bridgehead atoms. The van der Waals surface area contributed by atoms with Gasteiger partial charge in [0, 0.05) is 22.3 Å². The predicted octanol–water partition coefficient (Wildman–Crippen LogP) is 2.16. The van der Waals surface area contributed by atoms with Crippen LogP contribution in [0.3, 0.4) is 0 Å². The number of carbonyl (C=O) groups is 1. The molecule has 1 aliphatic heterocycles. The van der Waals surface area contributed by atoms with Crippen molar-refractivity contribution in [2.24, 2.45) is 0 Å². The van der Waals surface area contributed by atoms with Crippen molar-refractivity contribution in [3.8, 4) is 0 Å². The van der Waals surface area contributed by atoms with Gasteiger partial charge in [-0.15, -0.1) is 11.3 Å². The molecule has 0 spiro atoms. The number of nitrogens with zero attached hydrogens (tertiary/aromatic N) is 1. The Balaban J connectivity index is 1.93. The van der Waals surface area contributed by atoms with Gasteiger partial charge in [-0.05, 0) is 25.5 Å². The molecule has 2 rings (SSSR count). The van der Waals surface area contributed by atoms with Gasteiger partial charge in [0.25, 0.3) is 0 Å². The van der Waals surface area contributed by atoms with Crippen molar-refractivity contribution in [1.29, 1.82) is 0 Å². The van der Waals surface area contributed by atoms with Crippen molar-refractivity contribution in [2.45, 2.75) is 45.8 Å². The minimum Gasteiger partial charge on any atom is -0.336 e. The normalized spacial score (nSPS) is 20.6. The van der Waals surface area contributed by atoms with Gasteiger partial charge in [-0.1, -0.05) is 13.8 Å².